The zero-order valence-electron chi connectivity index (χ0n) is 13.0. The largest absolute Gasteiger partial charge is 0.310 e. The van der Waals surface area contributed by atoms with Crippen LogP contribution in [0.15, 0.2) is 6.20 Å². The summed E-state index contributed by atoms with van der Waals surface area (Å²) in [6.07, 6.45) is 3.83. The van der Waals surface area contributed by atoms with Crippen LogP contribution in [-0.2, 0) is 6.54 Å². The summed E-state index contributed by atoms with van der Waals surface area (Å²) in [6, 6.07) is 0.147. The predicted octanol–water partition coefficient (Wildman–Crippen LogP) is 2.94. The van der Waals surface area contributed by atoms with Crippen LogP contribution >= 0.6 is 11.6 Å². The van der Waals surface area contributed by atoms with E-state index in [1.165, 1.54) is 0 Å². The molecule has 1 aromatic rings. The lowest BCUT2D eigenvalue weighted by Gasteiger charge is -2.42. The monoisotopic (exact) mass is 286 g/mol. The molecule has 0 radical (unpaired) electrons. The van der Waals surface area contributed by atoms with Crippen molar-refractivity contribution in [2.75, 3.05) is 21.1 Å². The number of hydrogen-bond acceptors (Lipinski definition) is 3. The molecular formula is C14H27ClN4. The SMILES string of the molecule is CCCn1ncc(Cl)c1C(NC)C(C)(CC)N(C)C. The van der Waals surface area contributed by atoms with Crippen molar-refractivity contribution in [3.8, 4) is 0 Å². The Kier molecular flexibility index (Phi) is 5.83. The fourth-order valence-corrected chi connectivity index (χ4v) is 2.82. The Morgan fingerprint density at radius 1 is 1.47 bits per heavy atom. The molecule has 0 fully saturated rings. The average molecular weight is 287 g/mol. The Labute approximate surface area is 122 Å². The highest BCUT2D eigenvalue weighted by atomic mass is 35.5. The van der Waals surface area contributed by atoms with Crippen LogP contribution in [0.25, 0.3) is 0 Å². The van der Waals surface area contributed by atoms with Crippen LogP contribution < -0.4 is 5.32 Å². The molecule has 0 aliphatic carbocycles. The van der Waals surface area contributed by atoms with Gasteiger partial charge in [0.05, 0.1) is 23.0 Å². The number of hydrogen-bond donors (Lipinski definition) is 1. The van der Waals surface area contributed by atoms with Gasteiger partial charge in [-0.2, -0.15) is 5.10 Å². The van der Waals surface area contributed by atoms with Gasteiger partial charge in [-0.25, -0.2) is 0 Å². The summed E-state index contributed by atoms with van der Waals surface area (Å²) in [6.45, 7) is 7.51. The van der Waals surface area contributed by atoms with Crippen molar-refractivity contribution in [3.63, 3.8) is 0 Å². The molecule has 1 N–H and O–H groups in total. The van der Waals surface area contributed by atoms with Crippen molar-refractivity contribution in [2.24, 2.45) is 0 Å². The molecule has 0 bridgehead atoms. The fourth-order valence-electron chi connectivity index (χ4n) is 2.57. The maximum atomic E-state index is 6.38. The van der Waals surface area contributed by atoms with Gasteiger partial charge in [0, 0.05) is 12.1 Å². The zero-order valence-corrected chi connectivity index (χ0v) is 13.8. The number of likely N-dealkylation sites (N-methyl/N-ethyl adjacent to an activating group) is 2. The lowest BCUT2D eigenvalue weighted by atomic mass is 9.86. The molecule has 2 unspecified atom stereocenters. The van der Waals surface area contributed by atoms with E-state index in [1.807, 2.05) is 11.7 Å². The van der Waals surface area contributed by atoms with Crippen LogP contribution in [0.4, 0.5) is 0 Å². The lowest BCUT2D eigenvalue weighted by Crippen LogP contribution is -2.51. The maximum absolute atomic E-state index is 6.38. The van der Waals surface area contributed by atoms with Gasteiger partial charge in [-0.3, -0.25) is 4.68 Å². The molecule has 0 saturated carbocycles. The van der Waals surface area contributed by atoms with Crippen LogP contribution in [0.2, 0.25) is 5.02 Å². The molecule has 0 aliphatic rings. The first-order valence-electron chi connectivity index (χ1n) is 6.98. The van der Waals surface area contributed by atoms with Gasteiger partial charge in [-0.1, -0.05) is 25.4 Å². The van der Waals surface area contributed by atoms with E-state index in [0.717, 1.165) is 30.1 Å². The molecule has 110 valence electrons. The number of nitrogens with zero attached hydrogens (tertiary/aromatic N) is 3. The number of nitrogens with one attached hydrogen (secondary N) is 1. The molecule has 0 saturated heterocycles. The van der Waals surface area contributed by atoms with Crippen LogP contribution in [-0.4, -0.2) is 41.4 Å². The molecular weight excluding hydrogens is 260 g/mol. The van der Waals surface area contributed by atoms with Crippen molar-refractivity contribution in [1.29, 1.82) is 0 Å². The summed E-state index contributed by atoms with van der Waals surface area (Å²) < 4.78 is 2.03. The zero-order chi connectivity index (χ0) is 14.6. The predicted molar refractivity (Wildman–Crippen MR) is 81.7 cm³/mol. The van der Waals surface area contributed by atoms with Crippen LogP contribution in [0.1, 0.15) is 45.3 Å². The van der Waals surface area contributed by atoms with Crippen LogP contribution in [0.3, 0.4) is 0 Å². The lowest BCUT2D eigenvalue weighted by molar-refractivity contribution is 0.112. The van der Waals surface area contributed by atoms with E-state index in [9.17, 15) is 0 Å². The van der Waals surface area contributed by atoms with Gasteiger partial charge < -0.3 is 10.2 Å². The third-order valence-corrected chi connectivity index (χ3v) is 4.48. The highest BCUT2D eigenvalue weighted by molar-refractivity contribution is 6.31. The third kappa shape index (κ3) is 3.12. The number of rotatable bonds is 7. The van der Waals surface area contributed by atoms with Gasteiger partial charge in [-0.05, 0) is 40.9 Å². The van der Waals surface area contributed by atoms with Gasteiger partial charge in [0.1, 0.15) is 0 Å². The van der Waals surface area contributed by atoms with Gasteiger partial charge in [0.25, 0.3) is 0 Å². The maximum Gasteiger partial charge on any atom is 0.0834 e. The molecule has 1 heterocycles. The second kappa shape index (κ2) is 6.73. The second-order valence-corrected chi connectivity index (χ2v) is 5.83. The first-order chi connectivity index (χ1) is 8.92. The summed E-state index contributed by atoms with van der Waals surface area (Å²) in [7, 11) is 6.21. The molecule has 0 amide bonds. The molecule has 19 heavy (non-hydrogen) atoms. The molecule has 0 aromatic carbocycles. The summed E-state index contributed by atoms with van der Waals surface area (Å²) in [4.78, 5) is 2.26. The molecule has 4 nitrogen and oxygen atoms in total. The topological polar surface area (TPSA) is 33.1 Å². The van der Waals surface area contributed by atoms with E-state index in [-0.39, 0.29) is 11.6 Å². The molecule has 1 rings (SSSR count). The van der Waals surface area contributed by atoms with Crippen molar-refractivity contribution in [1.82, 2.24) is 20.0 Å². The van der Waals surface area contributed by atoms with E-state index in [2.05, 4.69) is 50.2 Å². The summed E-state index contributed by atoms with van der Waals surface area (Å²) in [5.74, 6) is 0. The highest BCUT2D eigenvalue weighted by Crippen LogP contribution is 2.35. The summed E-state index contributed by atoms with van der Waals surface area (Å²) in [5.41, 5.74) is 1.08. The molecule has 0 aliphatic heterocycles. The molecule has 0 spiro atoms. The minimum Gasteiger partial charge on any atom is -0.310 e. The molecule has 5 heteroatoms. The van der Waals surface area contributed by atoms with E-state index < -0.39 is 0 Å². The van der Waals surface area contributed by atoms with Gasteiger partial charge >= 0.3 is 0 Å². The van der Waals surface area contributed by atoms with Crippen LogP contribution in [0, 0.1) is 0 Å². The standard InChI is InChI=1S/C14H27ClN4/c1-7-9-19-12(11(15)10-17-19)13(16-4)14(3,8-2)18(5)6/h10,13,16H,7-9H2,1-6H3. The Morgan fingerprint density at radius 2 is 2.11 bits per heavy atom. The minimum absolute atomic E-state index is 0.0100. The highest BCUT2D eigenvalue weighted by Gasteiger charge is 2.38. The normalized spacial score (nSPS) is 16.6. The molecule has 1 aromatic heterocycles. The number of aromatic nitrogens is 2. The Morgan fingerprint density at radius 3 is 2.53 bits per heavy atom. The van der Waals surface area contributed by atoms with Gasteiger partial charge in [0.15, 0.2) is 0 Å². The fraction of sp³-hybridized carbons (Fsp3) is 0.786. The van der Waals surface area contributed by atoms with Gasteiger partial charge in [0.2, 0.25) is 0 Å². The smallest absolute Gasteiger partial charge is 0.0834 e. The summed E-state index contributed by atoms with van der Waals surface area (Å²) >= 11 is 6.38. The van der Waals surface area contributed by atoms with E-state index in [1.54, 1.807) is 6.20 Å². The number of aryl methyl sites for hydroxylation is 1. The van der Waals surface area contributed by atoms with Crippen molar-refractivity contribution < 1.29 is 0 Å². The van der Waals surface area contributed by atoms with E-state index in [4.69, 9.17) is 11.6 Å². The van der Waals surface area contributed by atoms with Crippen molar-refractivity contribution in [3.05, 3.63) is 16.9 Å². The number of halogens is 1. The second-order valence-electron chi connectivity index (χ2n) is 5.43. The Hall–Kier alpha value is -0.580. The first-order valence-corrected chi connectivity index (χ1v) is 7.36. The van der Waals surface area contributed by atoms with Crippen LogP contribution in [0.5, 0.6) is 0 Å². The summed E-state index contributed by atoms with van der Waals surface area (Å²) in [5, 5.41) is 8.58. The van der Waals surface area contributed by atoms with Crippen molar-refractivity contribution in [2.45, 2.75) is 51.7 Å². The van der Waals surface area contributed by atoms with E-state index in [0.29, 0.717) is 0 Å². The molecule has 2 atom stereocenters. The Bertz CT molecular complexity index is 402. The average Bonchev–Trinajstić information content (AvgIpc) is 2.72. The van der Waals surface area contributed by atoms with Gasteiger partial charge in [-0.15, -0.1) is 0 Å². The third-order valence-electron chi connectivity index (χ3n) is 4.19. The Balaban J connectivity index is 3.26. The first kappa shape index (κ1) is 16.5. The minimum atomic E-state index is -0.0100. The van der Waals surface area contributed by atoms with Crippen molar-refractivity contribution >= 4 is 11.6 Å². The van der Waals surface area contributed by atoms with E-state index >= 15 is 0 Å². The quantitative estimate of drug-likeness (QED) is 0.837.